The van der Waals surface area contributed by atoms with Gasteiger partial charge in [0.05, 0.1) is 6.20 Å². The number of hydrogen-bond acceptors (Lipinski definition) is 2. The van der Waals surface area contributed by atoms with Crippen LogP contribution in [0, 0.1) is 12.8 Å². The molecular weight excluding hydrogens is 186 g/mol. The van der Waals surface area contributed by atoms with Crippen LogP contribution in [0.3, 0.4) is 0 Å². The first kappa shape index (κ1) is 10.7. The second-order valence-corrected chi connectivity index (χ2v) is 4.61. The van der Waals surface area contributed by atoms with Crippen molar-refractivity contribution in [1.29, 1.82) is 0 Å². The second kappa shape index (κ2) is 4.79. The molecule has 84 valence electrons. The summed E-state index contributed by atoms with van der Waals surface area (Å²) in [6.45, 7) is 4.57. The average Bonchev–Trinajstić information content (AvgIpc) is 2.59. The molecule has 0 atom stereocenters. The standard InChI is InChI=1S/C12H21N3/c1-10-12(9-14-15(10)2)4-3-11-5-7-13-8-6-11/h9,11,13H,3-8H2,1-2H3. The third-order valence-electron chi connectivity index (χ3n) is 3.62. The Balaban J connectivity index is 1.84. The third-order valence-corrected chi connectivity index (χ3v) is 3.62. The SMILES string of the molecule is Cc1c(CCC2CCNCC2)cnn1C. The van der Waals surface area contributed by atoms with E-state index >= 15 is 0 Å². The first-order chi connectivity index (χ1) is 7.27. The molecule has 0 bridgehead atoms. The molecule has 0 radical (unpaired) electrons. The molecule has 1 N–H and O–H groups in total. The molecule has 1 fully saturated rings. The van der Waals surface area contributed by atoms with E-state index in [1.807, 2.05) is 17.9 Å². The van der Waals surface area contributed by atoms with E-state index in [4.69, 9.17) is 0 Å². The van der Waals surface area contributed by atoms with Crippen LogP contribution in [0.1, 0.15) is 30.5 Å². The van der Waals surface area contributed by atoms with Gasteiger partial charge in [0.2, 0.25) is 0 Å². The van der Waals surface area contributed by atoms with Gasteiger partial charge >= 0.3 is 0 Å². The molecule has 15 heavy (non-hydrogen) atoms. The lowest BCUT2D eigenvalue weighted by Crippen LogP contribution is -2.27. The molecule has 0 unspecified atom stereocenters. The van der Waals surface area contributed by atoms with E-state index in [1.165, 1.54) is 50.0 Å². The number of rotatable bonds is 3. The molecule has 1 aromatic heterocycles. The highest BCUT2D eigenvalue weighted by molar-refractivity contribution is 5.15. The Morgan fingerprint density at radius 3 is 2.80 bits per heavy atom. The molecule has 2 rings (SSSR count). The van der Waals surface area contributed by atoms with Gasteiger partial charge < -0.3 is 5.32 Å². The molecule has 3 nitrogen and oxygen atoms in total. The normalized spacial score (nSPS) is 18.3. The minimum absolute atomic E-state index is 0.922. The lowest BCUT2D eigenvalue weighted by molar-refractivity contribution is 0.354. The van der Waals surface area contributed by atoms with Crippen molar-refractivity contribution in [3.63, 3.8) is 0 Å². The Bertz CT molecular complexity index is 311. The Hall–Kier alpha value is -0.830. The average molecular weight is 207 g/mol. The first-order valence-electron chi connectivity index (χ1n) is 5.95. The highest BCUT2D eigenvalue weighted by Crippen LogP contribution is 2.19. The fourth-order valence-electron chi connectivity index (χ4n) is 2.32. The number of piperidine rings is 1. The van der Waals surface area contributed by atoms with Crippen LogP contribution >= 0.6 is 0 Å². The van der Waals surface area contributed by atoms with Crippen LogP contribution in [0.4, 0.5) is 0 Å². The Kier molecular flexibility index (Phi) is 3.41. The zero-order valence-corrected chi connectivity index (χ0v) is 9.79. The zero-order valence-electron chi connectivity index (χ0n) is 9.79. The lowest BCUT2D eigenvalue weighted by Gasteiger charge is -2.22. The summed E-state index contributed by atoms with van der Waals surface area (Å²) in [5.41, 5.74) is 2.75. The first-order valence-corrected chi connectivity index (χ1v) is 5.95. The van der Waals surface area contributed by atoms with Crippen molar-refractivity contribution in [3.05, 3.63) is 17.5 Å². The molecule has 0 aliphatic carbocycles. The van der Waals surface area contributed by atoms with E-state index in [-0.39, 0.29) is 0 Å². The molecule has 1 saturated heterocycles. The van der Waals surface area contributed by atoms with E-state index in [9.17, 15) is 0 Å². The summed E-state index contributed by atoms with van der Waals surface area (Å²) in [7, 11) is 2.02. The highest BCUT2D eigenvalue weighted by Gasteiger charge is 2.13. The van der Waals surface area contributed by atoms with Crippen molar-refractivity contribution in [1.82, 2.24) is 15.1 Å². The van der Waals surface area contributed by atoms with Crippen molar-refractivity contribution >= 4 is 0 Å². The van der Waals surface area contributed by atoms with E-state index < -0.39 is 0 Å². The zero-order chi connectivity index (χ0) is 10.7. The van der Waals surface area contributed by atoms with Gasteiger partial charge in [0.15, 0.2) is 0 Å². The smallest absolute Gasteiger partial charge is 0.0524 e. The van der Waals surface area contributed by atoms with Gasteiger partial charge in [0.1, 0.15) is 0 Å². The summed E-state index contributed by atoms with van der Waals surface area (Å²) < 4.78 is 1.97. The van der Waals surface area contributed by atoms with Crippen molar-refractivity contribution in [2.24, 2.45) is 13.0 Å². The van der Waals surface area contributed by atoms with Gasteiger partial charge in [0.25, 0.3) is 0 Å². The monoisotopic (exact) mass is 207 g/mol. The fourth-order valence-corrected chi connectivity index (χ4v) is 2.32. The van der Waals surface area contributed by atoms with Gasteiger partial charge in [0, 0.05) is 12.7 Å². The van der Waals surface area contributed by atoms with Crippen LogP contribution in [0.15, 0.2) is 6.20 Å². The number of hydrogen-bond donors (Lipinski definition) is 1. The Morgan fingerprint density at radius 1 is 1.47 bits per heavy atom. The van der Waals surface area contributed by atoms with Crippen LogP contribution in [-0.2, 0) is 13.5 Å². The quantitative estimate of drug-likeness (QED) is 0.817. The number of nitrogens with one attached hydrogen (secondary N) is 1. The van der Waals surface area contributed by atoms with Crippen LogP contribution < -0.4 is 5.32 Å². The molecule has 1 aliphatic rings. The van der Waals surface area contributed by atoms with Crippen LogP contribution in [0.2, 0.25) is 0 Å². The van der Waals surface area contributed by atoms with Crippen molar-refractivity contribution in [2.75, 3.05) is 13.1 Å². The van der Waals surface area contributed by atoms with Gasteiger partial charge in [-0.2, -0.15) is 5.10 Å². The van der Waals surface area contributed by atoms with Crippen LogP contribution in [0.5, 0.6) is 0 Å². The maximum Gasteiger partial charge on any atom is 0.0524 e. The molecule has 0 amide bonds. The molecular formula is C12H21N3. The van der Waals surface area contributed by atoms with Crippen molar-refractivity contribution < 1.29 is 0 Å². The topological polar surface area (TPSA) is 29.9 Å². The van der Waals surface area contributed by atoms with Gasteiger partial charge in [-0.05, 0) is 57.2 Å². The van der Waals surface area contributed by atoms with Gasteiger partial charge in [-0.3, -0.25) is 4.68 Å². The Labute approximate surface area is 91.9 Å². The van der Waals surface area contributed by atoms with E-state index in [0.29, 0.717) is 0 Å². The maximum absolute atomic E-state index is 4.28. The van der Waals surface area contributed by atoms with E-state index in [2.05, 4.69) is 17.3 Å². The van der Waals surface area contributed by atoms with Crippen molar-refractivity contribution in [3.8, 4) is 0 Å². The third kappa shape index (κ3) is 2.59. The minimum Gasteiger partial charge on any atom is -0.317 e. The second-order valence-electron chi connectivity index (χ2n) is 4.61. The van der Waals surface area contributed by atoms with Gasteiger partial charge in [-0.25, -0.2) is 0 Å². The predicted octanol–water partition coefficient (Wildman–Crippen LogP) is 1.66. The summed E-state index contributed by atoms with van der Waals surface area (Å²) in [6, 6.07) is 0. The largest absolute Gasteiger partial charge is 0.317 e. The lowest BCUT2D eigenvalue weighted by atomic mass is 9.91. The fraction of sp³-hybridized carbons (Fsp3) is 0.750. The minimum atomic E-state index is 0.922. The molecule has 0 saturated carbocycles. The summed E-state index contributed by atoms with van der Waals surface area (Å²) in [4.78, 5) is 0. The molecule has 0 spiro atoms. The van der Waals surface area contributed by atoms with Gasteiger partial charge in [-0.1, -0.05) is 0 Å². The molecule has 2 heterocycles. The highest BCUT2D eigenvalue weighted by atomic mass is 15.3. The predicted molar refractivity (Wildman–Crippen MR) is 61.9 cm³/mol. The van der Waals surface area contributed by atoms with E-state index in [0.717, 1.165) is 5.92 Å². The van der Waals surface area contributed by atoms with Gasteiger partial charge in [-0.15, -0.1) is 0 Å². The molecule has 1 aliphatic heterocycles. The number of aryl methyl sites for hydroxylation is 2. The molecule has 0 aromatic carbocycles. The van der Waals surface area contributed by atoms with Crippen molar-refractivity contribution in [2.45, 2.75) is 32.6 Å². The summed E-state index contributed by atoms with van der Waals surface area (Å²) >= 11 is 0. The molecule has 1 aromatic rings. The summed E-state index contributed by atoms with van der Waals surface area (Å²) in [6.07, 6.45) is 7.24. The maximum atomic E-state index is 4.28. The molecule has 3 heteroatoms. The van der Waals surface area contributed by atoms with Crippen LogP contribution in [0.25, 0.3) is 0 Å². The summed E-state index contributed by atoms with van der Waals surface area (Å²) in [5.74, 6) is 0.922. The number of aromatic nitrogens is 2. The number of nitrogens with zero attached hydrogens (tertiary/aromatic N) is 2. The Morgan fingerprint density at radius 2 is 2.20 bits per heavy atom. The summed E-state index contributed by atoms with van der Waals surface area (Å²) in [5, 5.41) is 7.70. The van der Waals surface area contributed by atoms with Crippen LogP contribution in [-0.4, -0.2) is 22.9 Å². The van der Waals surface area contributed by atoms with E-state index in [1.54, 1.807) is 0 Å².